The molecule has 1 aliphatic rings. The van der Waals surface area contributed by atoms with Gasteiger partial charge in [0.05, 0.1) is 0 Å². The molecule has 1 aliphatic heterocycles. The van der Waals surface area contributed by atoms with Crippen LogP contribution in [-0.2, 0) is 10.2 Å². The van der Waals surface area contributed by atoms with Crippen molar-refractivity contribution in [2.45, 2.75) is 38.9 Å². The number of piperidine rings is 1. The van der Waals surface area contributed by atoms with E-state index in [-0.39, 0.29) is 13.1 Å². The zero-order valence-corrected chi connectivity index (χ0v) is 13.5. The molecule has 0 atom stereocenters. The van der Waals surface area contributed by atoms with Crippen LogP contribution in [0, 0.1) is 5.92 Å². The second-order valence-electron chi connectivity index (χ2n) is 5.66. The van der Waals surface area contributed by atoms with E-state index in [0.29, 0.717) is 23.1 Å². The molecule has 1 N–H and O–H groups in total. The van der Waals surface area contributed by atoms with E-state index in [0.717, 1.165) is 6.54 Å². The Labute approximate surface area is 124 Å². The lowest BCUT2D eigenvalue weighted by atomic mass is 9.98. The van der Waals surface area contributed by atoms with E-state index in [4.69, 9.17) is 0 Å². The average molecular weight is 331 g/mol. The summed E-state index contributed by atoms with van der Waals surface area (Å²) in [4.78, 5) is 0. The Hall–Kier alpha value is -0.380. The molecule has 1 saturated heterocycles. The predicted octanol–water partition coefficient (Wildman–Crippen LogP) is 1.44. The summed E-state index contributed by atoms with van der Waals surface area (Å²) in [6.45, 7) is 2.81. The van der Waals surface area contributed by atoms with Crippen molar-refractivity contribution in [3.63, 3.8) is 0 Å². The molecule has 1 fully saturated rings. The summed E-state index contributed by atoms with van der Waals surface area (Å²) in [5.41, 5.74) is 0. The predicted molar refractivity (Wildman–Crippen MR) is 75.0 cm³/mol. The van der Waals surface area contributed by atoms with Crippen LogP contribution in [0.2, 0.25) is 0 Å². The van der Waals surface area contributed by atoms with Gasteiger partial charge >= 0.3 is 6.18 Å². The fourth-order valence-corrected chi connectivity index (χ4v) is 4.30. The van der Waals surface area contributed by atoms with E-state index in [2.05, 4.69) is 5.32 Å². The van der Waals surface area contributed by atoms with Gasteiger partial charge in [-0.15, -0.1) is 0 Å². The van der Waals surface area contributed by atoms with Gasteiger partial charge in [-0.2, -0.15) is 30.2 Å². The van der Waals surface area contributed by atoms with Crippen LogP contribution in [0.25, 0.3) is 0 Å². The first-order valence-electron chi connectivity index (χ1n) is 7.06. The maximum atomic E-state index is 12.6. The van der Waals surface area contributed by atoms with Gasteiger partial charge in [0.25, 0.3) is 10.2 Å². The highest BCUT2D eigenvalue weighted by atomic mass is 32.2. The number of halogens is 3. The van der Waals surface area contributed by atoms with Crippen LogP contribution in [-0.4, -0.2) is 62.5 Å². The highest BCUT2D eigenvalue weighted by Gasteiger charge is 2.41. The maximum absolute atomic E-state index is 12.6. The summed E-state index contributed by atoms with van der Waals surface area (Å²) in [6, 6.07) is -0.730. The number of hydrogen-bond donors (Lipinski definition) is 1. The number of nitrogens with zero attached hydrogens (tertiary/aromatic N) is 2. The number of alkyl halides is 3. The van der Waals surface area contributed by atoms with Gasteiger partial charge in [-0.25, -0.2) is 0 Å². The summed E-state index contributed by atoms with van der Waals surface area (Å²) >= 11 is 0. The van der Waals surface area contributed by atoms with E-state index in [1.165, 1.54) is 18.2 Å². The van der Waals surface area contributed by atoms with Gasteiger partial charge in [0.2, 0.25) is 0 Å². The molecule has 5 nitrogen and oxygen atoms in total. The minimum atomic E-state index is -4.54. The molecule has 0 radical (unpaired) electrons. The van der Waals surface area contributed by atoms with Crippen LogP contribution >= 0.6 is 0 Å². The molecule has 1 heterocycles. The van der Waals surface area contributed by atoms with Crippen molar-refractivity contribution < 1.29 is 21.6 Å². The Morgan fingerprint density at radius 3 is 2.19 bits per heavy atom. The lowest BCUT2D eigenvalue weighted by Crippen LogP contribution is -2.52. The monoisotopic (exact) mass is 331 g/mol. The third-order valence-corrected chi connectivity index (χ3v) is 5.76. The van der Waals surface area contributed by atoms with Crippen LogP contribution in [0.15, 0.2) is 0 Å². The van der Waals surface area contributed by atoms with Crippen molar-refractivity contribution in [2.75, 3.05) is 33.2 Å². The van der Waals surface area contributed by atoms with Gasteiger partial charge in [0.1, 0.15) is 6.54 Å². The molecule has 0 unspecified atom stereocenters. The zero-order valence-electron chi connectivity index (χ0n) is 12.7. The fraction of sp³-hybridized carbons (Fsp3) is 1.00. The highest BCUT2D eigenvalue weighted by molar-refractivity contribution is 7.86. The van der Waals surface area contributed by atoms with Gasteiger partial charge in [-0.1, -0.05) is 0 Å². The van der Waals surface area contributed by atoms with E-state index < -0.39 is 29.0 Å². The lowest BCUT2D eigenvalue weighted by Gasteiger charge is -2.36. The van der Waals surface area contributed by atoms with Gasteiger partial charge in [0.15, 0.2) is 0 Å². The van der Waals surface area contributed by atoms with Crippen molar-refractivity contribution in [1.82, 2.24) is 13.9 Å². The summed E-state index contributed by atoms with van der Waals surface area (Å²) in [7, 11) is -2.24. The van der Waals surface area contributed by atoms with E-state index >= 15 is 0 Å². The number of nitrogens with one attached hydrogen (secondary N) is 1. The molecule has 0 bridgehead atoms. The molecule has 21 heavy (non-hydrogen) atoms. The Morgan fingerprint density at radius 1 is 1.29 bits per heavy atom. The van der Waals surface area contributed by atoms with Gasteiger partial charge in [0, 0.05) is 19.1 Å². The Morgan fingerprint density at radius 2 is 1.81 bits per heavy atom. The molecule has 0 saturated carbocycles. The highest BCUT2D eigenvalue weighted by Crippen LogP contribution is 2.25. The molecular formula is C12H24F3N3O2S. The van der Waals surface area contributed by atoms with E-state index in [9.17, 15) is 21.6 Å². The van der Waals surface area contributed by atoms with Crippen molar-refractivity contribution >= 4 is 10.2 Å². The molecule has 0 spiro atoms. The maximum Gasteiger partial charge on any atom is 0.402 e. The smallest absolute Gasteiger partial charge is 0.319 e. The van der Waals surface area contributed by atoms with Gasteiger partial charge < -0.3 is 5.32 Å². The first-order valence-corrected chi connectivity index (χ1v) is 8.46. The summed E-state index contributed by atoms with van der Waals surface area (Å²) in [5.74, 6) is 0.372. The topological polar surface area (TPSA) is 52.7 Å². The Balaban J connectivity index is 2.78. The molecule has 0 aromatic rings. The zero-order chi connectivity index (χ0) is 16.3. The minimum absolute atomic E-state index is 0.274. The summed E-state index contributed by atoms with van der Waals surface area (Å²) < 4.78 is 64.3. The van der Waals surface area contributed by atoms with Crippen LogP contribution in [0.4, 0.5) is 13.2 Å². The van der Waals surface area contributed by atoms with Crippen molar-refractivity contribution in [3.05, 3.63) is 0 Å². The lowest BCUT2D eigenvalue weighted by molar-refractivity contribution is -0.139. The SMILES string of the molecule is CNCC1CCN(S(=O)(=O)N(CC(F)(F)F)C(C)C)CC1. The normalized spacial score (nSPS) is 19.6. The third kappa shape index (κ3) is 5.39. The number of hydrogen-bond acceptors (Lipinski definition) is 3. The van der Waals surface area contributed by atoms with Crippen LogP contribution < -0.4 is 5.32 Å². The second kappa shape index (κ2) is 7.26. The van der Waals surface area contributed by atoms with Gasteiger partial charge in [-0.3, -0.25) is 0 Å². The largest absolute Gasteiger partial charge is 0.402 e. The third-order valence-electron chi connectivity index (χ3n) is 3.60. The molecule has 0 aromatic carbocycles. The van der Waals surface area contributed by atoms with Crippen LogP contribution in [0.1, 0.15) is 26.7 Å². The summed E-state index contributed by atoms with van der Waals surface area (Å²) in [6.07, 6.45) is -3.21. The van der Waals surface area contributed by atoms with Gasteiger partial charge in [-0.05, 0) is 46.2 Å². The van der Waals surface area contributed by atoms with Crippen molar-refractivity contribution in [1.29, 1.82) is 0 Å². The quantitative estimate of drug-likeness (QED) is 0.801. The first-order chi connectivity index (χ1) is 9.58. The molecule has 0 aliphatic carbocycles. The molecule has 0 aromatic heterocycles. The van der Waals surface area contributed by atoms with Crippen molar-refractivity contribution in [2.24, 2.45) is 5.92 Å². The standard InChI is InChI=1S/C12H24F3N3O2S/c1-10(2)18(9-12(13,14)15)21(19,20)17-6-4-11(5-7-17)8-16-3/h10-11,16H,4-9H2,1-3H3. The molecule has 1 rings (SSSR count). The Bertz CT molecular complexity index is 418. The molecule has 126 valence electrons. The van der Waals surface area contributed by atoms with E-state index in [1.54, 1.807) is 0 Å². The number of rotatable bonds is 6. The minimum Gasteiger partial charge on any atom is -0.319 e. The molecule has 9 heteroatoms. The van der Waals surface area contributed by atoms with Crippen molar-refractivity contribution in [3.8, 4) is 0 Å². The Kier molecular flexibility index (Phi) is 6.45. The summed E-state index contributed by atoms with van der Waals surface area (Å²) in [5, 5.41) is 3.04. The second-order valence-corrected chi connectivity index (χ2v) is 7.54. The average Bonchev–Trinajstić information content (AvgIpc) is 2.35. The first kappa shape index (κ1) is 18.7. The van der Waals surface area contributed by atoms with Crippen LogP contribution in [0.3, 0.4) is 0 Å². The molecule has 0 amide bonds. The molecular weight excluding hydrogens is 307 g/mol. The van der Waals surface area contributed by atoms with Crippen LogP contribution in [0.5, 0.6) is 0 Å². The fourth-order valence-electron chi connectivity index (χ4n) is 2.49. The van der Waals surface area contributed by atoms with E-state index in [1.807, 2.05) is 7.05 Å².